The summed E-state index contributed by atoms with van der Waals surface area (Å²) in [7, 11) is 0. The molecule has 4 nitrogen and oxygen atoms in total. The quantitative estimate of drug-likeness (QED) is 0.733. The van der Waals surface area contributed by atoms with Crippen molar-refractivity contribution in [2.75, 3.05) is 6.61 Å². The number of fused-ring (bicyclic) bond motifs is 1. The van der Waals surface area contributed by atoms with Crippen molar-refractivity contribution in [1.29, 1.82) is 0 Å². The number of hydrogen-bond acceptors (Lipinski definition) is 4. The number of pyridine rings is 1. The molecule has 21 heavy (non-hydrogen) atoms. The fraction of sp³-hybridized carbons (Fsp3) is 0.235. The third kappa shape index (κ3) is 2.90. The molecule has 0 radical (unpaired) electrons. The molecule has 0 aliphatic heterocycles. The Morgan fingerprint density at radius 1 is 1.05 bits per heavy atom. The van der Waals surface area contributed by atoms with Gasteiger partial charge in [-0.15, -0.1) is 0 Å². The summed E-state index contributed by atoms with van der Waals surface area (Å²) in [4.78, 5) is 13.6. The van der Waals surface area contributed by atoms with E-state index < -0.39 is 0 Å². The molecule has 4 heteroatoms. The first kappa shape index (κ1) is 13.6. The standard InChI is InChI=1S/C17H17N3O/c1-3-21-11-16-12(2)8-9-15(19-16)17-18-10-13-6-4-5-7-14(13)20-17/h4-10H,3,11H2,1-2H3. The zero-order valence-corrected chi connectivity index (χ0v) is 12.2. The predicted molar refractivity (Wildman–Crippen MR) is 82.8 cm³/mol. The molecule has 0 aliphatic rings. The highest BCUT2D eigenvalue weighted by Crippen LogP contribution is 2.18. The van der Waals surface area contributed by atoms with Gasteiger partial charge in [0.2, 0.25) is 0 Å². The van der Waals surface area contributed by atoms with E-state index in [-0.39, 0.29) is 0 Å². The molecule has 3 rings (SSSR count). The van der Waals surface area contributed by atoms with Crippen LogP contribution in [0.15, 0.2) is 42.6 Å². The fourth-order valence-corrected chi connectivity index (χ4v) is 2.14. The smallest absolute Gasteiger partial charge is 0.178 e. The maximum atomic E-state index is 5.46. The van der Waals surface area contributed by atoms with Crippen LogP contribution in [0.3, 0.4) is 0 Å². The molecule has 2 aromatic heterocycles. The monoisotopic (exact) mass is 279 g/mol. The summed E-state index contributed by atoms with van der Waals surface area (Å²) in [5.41, 5.74) is 3.76. The summed E-state index contributed by atoms with van der Waals surface area (Å²) in [6.07, 6.45) is 1.83. The number of ether oxygens (including phenoxy) is 1. The maximum absolute atomic E-state index is 5.46. The van der Waals surface area contributed by atoms with Gasteiger partial charge in [-0.05, 0) is 31.5 Å². The topological polar surface area (TPSA) is 47.9 Å². The molecule has 0 unspecified atom stereocenters. The molecule has 3 aromatic rings. The number of aromatic nitrogens is 3. The molecular formula is C17H17N3O. The van der Waals surface area contributed by atoms with Crippen molar-refractivity contribution >= 4 is 10.9 Å². The molecular weight excluding hydrogens is 262 g/mol. The van der Waals surface area contributed by atoms with Crippen LogP contribution in [0.4, 0.5) is 0 Å². The molecule has 0 fully saturated rings. The number of hydrogen-bond donors (Lipinski definition) is 0. The van der Waals surface area contributed by atoms with Gasteiger partial charge >= 0.3 is 0 Å². The first-order chi connectivity index (χ1) is 10.3. The normalized spacial score (nSPS) is 11.0. The van der Waals surface area contributed by atoms with Crippen molar-refractivity contribution in [2.24, 2.45) is 0 Å². The van der Waals surface area contributed by atoms with Gasteiger partial charge in [0, 0.05) is 18.2 Å². The van der Waals surface area contributed by atoms with Crippen LogP contribution in [0.1, 0.15) is 18.2 Å². The van der Waals surface area contributed by atoms with Crippen molar-refractivity contribution in [2.45, 2.75) is 20.5 Å². The van der Waals surface area contributed by atoms with Crippen LogP contribution in [0.25, 0.3) is 22.4 Å². The van der Waals surface area contributed by atoms with Gasteiger partial charge < -0.3 is 4.74 Å². The minimum absolute atomic E-state index is 0.518. The second-order valence-corrected chi connectivity index (χ2v) is 4.85. The fourth-order valence-electron chi connectivity index (χ4n) is 2.14. The molecule has 0 aliphatic carbocycles. The van der Waals surface area contributed by atoms with E-state index in [4.69, 9.17) is 4.74 Å². The van der Waals surface area contributed by atoms with Gasteiger partial charge in [0.25, 0.3) is 0 Å². The largest absolute Gasteiger partial charge is 0.375 e. The highest BCUT2D eigenvalue weighted by Gasteiger charge is 2.08. The van der Waals surface area contributed by atoms with E-state index >= 15 is 0 Å². The van der Waals surface area contributed by atoms with Gasteiger partial charge in [-0.25, -0.2) is 15.0 Å². The first-order valence-electron chi connectivity index (χ1n) is 7.04. The molecule has 0 spiro atoms. The third-order valence-corrected chi connectivity index (χ3v) is 3.36. The summed E-state index contributed by atoms with van der Waals surface area (Å²) in [5, 5.41) is 1.03. The van der Waals surface area contributed by atoms with Crippen molar-refractivity contribution in [3.8, 4) is 11.5 Å². The second kappa shape index (κ2) is 5.97. The Kier molecular flexibility index (Phi) is 3.88. The first-order valence-corrected chi connectivity index (χ1v) is 7.04. The SMILES string of the molecule is CCOCc1nc(-c2ncc3ccccc3n2)ccc1C. The average molecular weight is 279 g/mol. The lowest BCUT2D eigenvalue weighted by Crippen LogP contribution is -2.01. The Morgan fingerprint density at radius 2 is 1.90 bits per heavy atom. The van der Waals surface area contributed by atoms with Gasteiger partial charge in [0.1, 0.15) is 5.69 Å². The van der Waals surface area contributed by atoms with Crippen LogP contribution in [0.5, 0.6) is 0 Å². The van der Waals surface area contributed by atoms with Crippen molar-refractivity contribution in [1.82, 2.24) is 15.0 Å². The number of benzene rings is 1. The van der Waals surface area contributed by atoms with Gasteiger partial charge in [-0.3, -0.25) is 0 Å². The van der Waals surface area contributed by atoms with E-state index in [0.717, 1.165) is 27.9 Å². The van der Waals surface area contributed by atoms with E-state index in [9.17, 15) is 0 Å². The molecule has 0 saturated carbocycles. The zero-order valence-electron chi connectivity index (χ0n) is 12.2. The highest BCUT2D eigenvalue weighted by molar-refractivity contribution is 5.79. The van der Waals surface area contributed by atoms with Crippen LogP contribution in [0, 0.1) is 6.92 Å². The van der Waals surface area contributed by atoms with E-state index in [1.165, 1.54) is 0 Å². The molecule has 0 saturated heterocycles. The minimum atomic E-state index is 0.518. The Balaban J connectivity index is 2.01. The maximum Gasteiger partial charge on any atom is 0.178 e. The van der Waals surface area contributed by atoms with Gasteiger partial charge in [0.05, 0.1) is 17.8 Å². The number of aryl methyl sites for hydroxylation is 1. The Morgan fingerprint density at radius 3 is 2.76 bits per heavy atom. The molecule has 106 valence electrons. The molecule has 0 N–H and O–H groups in total. The van der Waals surface area contributed by atoms with Crippen LogP contribution < -0.4 is 0 Å². The molecule has 2 heterocycles. The Bertz CT molecular complexity index is 771. The molecule has 1 aromatic carbocycles. The predicted octanol–water partition coefficient (Wildman–Crippen LogP) is 3.54. The summed E-state index contributed by atoms with van der Waals surface area (Å²) in [5.74, 6) is 0.645. The lowest BCUT2D eigenvalue weighted by Gasteiger charge is -2.08. The van der Waals surface area contributed by atoms with Crippen LogP contribution >= 0.6 is 0 Å². The molecule has 0 atom stereocenters. The van der Waals surface area contributed by atoms with E-state index in [0.29, 0.717) is 19.0 Å². The second-order valence-electron chi connectivity index (χ2n) is 4.85. The van der Waals surface area contributed by atoms with Gasteiger partial charge in [-0.1, -0.05) is 24.3 Å². The summed E-state index contributed by atoms with van der Waals surface area (Å²) in [6, 6.07) is 11.9. The number of nitrogens with zero attached hydrogens (tertiary/aromatic N) is 3. The zero-order chi connectivity index (χ0) is 14.7. The summed E-state index contributed by atoms with van der Waals surface area (Å²) in [6.45, 7) is 5.21. The summed E-state index contributed by atoms with van der Waals surface area (Å²) < 4.78 is 5.46. The van der Waals surface area contributed by atoms with Crippen LogP contribution in [-0.2, 0) is 11.3 Å². The lowest BCUT2D eigenvalue weighted by molar-refractivity contribution is 0.131. The minimum Gasteiger partial charge on any atom is -0.375 e. The van der Waals surface area contributed by atoms with Crippen LogP contribution in [-0.4, -0.2) is 21.6 Å². The van der Waals surface area contributed by atoms with Gasteiger partial charge in [-0.2, -0.15) is 0 Å². The highest BCUT2D eigenvalue weighted by atomic mass is 16.5. The molecule has 0 amide bonds. The van der Waals surface area contributed by atoms with E-state index in [1.807, 2.05) is 56.4 Å². The third-order valence-electron chi connectivity index (χ3n) is 3.36. The van der Waals surface area contributed by atoms with Crippen molar-refractivity contribution < 1.29 is 4.74 Å². The van der Waals surface area contributed by atoms with E-state index in [2.05, 4.69) is 15.0 Å². The molecule has 0 bridgehead atoms. The van der Waals surface area contributed by atoms with E-state index in [1.54, 1.807) is 0 Å². The summed E-state index contributed by atoms with van der Waals surface area (Å²) >= 11 is 0. The Labute approximate surface area is 123 Å². The number of rotatable bonds is 4. The lowest BCUT2D eigenvalue weighted by atomic mass is 10.2. The Hall–Kier alpha value is -2.33. The van der Waals surface area contributed by atoms with Crippen LogP contribution in [0.2, 0.25) is 0 Å². The average Bonchev–Trinajstić information content (AvgIpc) is 2.53. The van der Waals surface area contributed by atoms with Crippen molar-refractivity contribution in [3.05, 3.63) is 53.9 Å². The number of para-hydroxylation sites is 1. The van der Waals surface area contributed by atoms with Crippen molar-refractivity contribution in [3.63, 3.8) is 0 Å². The van der Waals surface area contributed by atoms with Gasteiger partial charge in [0.15, 0.2) is 5.82 Å².